The molecule has 1 N–H and O–H groups in total. The Bertz CT molecular complexity index is 1720. The largest absolute Gasteiger partial charge is 0.456 e. The van der Waals surface area contributed by atoms with Crippen molar-refractivity contribution in [3.8, 4) is 5.75 Å². The molecule has 2 aromatic carbocycles. The number of aromatic amines is 1. The first kappa shape index (κ1) is 28.0. The van der Waals surface area contributed by atoms with Gasteiger partial charge in [-0.2, -0.15) is 4.57 Å². The van der Waals surface area contributed by atoms with E-state index < -0.39 is 48.4 Å². The van der Waals surface area contributed by atoms with Crippen molar-refractivity contribution in [1.29, 1.82) is 0 Å². The highest BCUT2D eigenvalue weighted by molar-refractivity contribution is 6.16. The summed E-state index contributed by atoms with van der Waals surface area (Å²) in [5.41, 5.74) is 3.85. The Kier molecular flexibility index (Phi) is 7.39. The molecule has 214 valence electrons. The Hall–Kier alpha value is -4.51. The number of benzene rings is 2. The summed E-state index contributed by atoms with van der Waals surface area (Å²) in [6.07, 6.45) is -0.320. The maximum atomic E-state index is 12.1. The van der Waals surface area contributed by atoms with Crippen LogP contribution in [-0.2, 0) is 38.1 Å². The predicted octanol–water partition coefficient (Wildman–Crippen LogP) is 3.63. The molecule has 1 saturated heterocycles. The lowest BCUT2D eigenvalue weighted by Gasteiger charge is -2.37. The lowest BCUT2D eigenvalue weighted by Crippen LogP contribution is -2.61. The summed E-state index contributed by atoms with van der Waals surface area (Å²) in [5, 5.41) is 3.79. The minimum atomic E-state index is -1.10. The van der Waals surface area contributed by atoms with E-state index in [1.54, 1.807) is 16.8 Å². The van der Waals surface area contributed by atoms with Crippen molar-refractivity contribution in [2.24, 2.45) is 0 Å². The van der Waals surface area contributed by atoms with Crippen LogP contribution in [0.5, 0.6) is 5.75 Å². The van der Waals surface area contributed by atoms with Gasteiger partial charge in [0.15, 0.2) is 24.6 Å². The first-order valence-electron chi connectivity index (χ1n) is 13.2. The fourth-order valence-corrected chi connectivity index (χ4v) is 5.62. The number of ether oxygens (including phenoxy) is 5. The third-order valence-corrected chi connectivity index (χ3v) is 7.19. The number of carbonyl (C=O) groups excluding carboxylic acids is 4. The number of esters is 4. The molecule has 41 heavy (non-hydrogen) atoms. The van der Waals surface area contributed by atoms with Crippen molar-refractivity contribution in [2.45, 2.75) is 66.1 Å². The molecule has 1 aliphatic rings. The molecule has 0 radical (unpaired) electrons. The summed E-state index contributed by atoms with van der Waals surface area (Å²) in [7, 11) is 0. The molecule has 5 rings (SSSR count). The van der Waals surface area contributed by atoms with Gasteiger partial charge in [0, 0.05) is 55.4 Å². The smallest absolute Gasteiger partial charge is 0.308 e. The molecule has 0 amide bonds. The number of fused-ring (bicyclic) bond motifs is 4. The van der Waals surface area contributed by atoms with Gasteiger partial charge >= 0.3 is 30.1 Å². The van der Waals surface area contributed by atoms with Gasteiger partial charge in [0.2, 0.25) is 6.10 Å². The summed E-state index contributed by atoms with van der Waals surface area (Å²) in [5.74, 6) is -1.76. The zero-order chi connectivity index (χ0) is 29.6. The van der Waals surface area contributed by atoms with E-state index in [0.717, 1.165) is 43.7 Å². The van der Waals surface area contributed by atoms with E-state index >= 15 is 0 Å². The fourth-order valence-electron chi connectivity index (χ4n) is 5.62. The summed E-state index contributed by atoms with van der Waals surface area (Å²) in [6.45, 7) is 9.02. The monoisotopic (exact) mass is 563 g/mol. The van der Waals surface area contributed by atoms with Gasteiger partial charge in [0.25, 0.3) is 0 Å². The molecule has 4 atom stereocenters. The van der Waals surface area contributed by atoms with Crippen LogP contribution in [0.3, 0.4) is 0 Å². The van der Waals surface area contributed by atoms with E-state index in [1.165, 1.54) is 27.7 Å². The van der Waals surface area contributed by atoms with Gasteiger partial charge < -0.3 is 28.7 Å². The van der Waals surface area contributed by atoms with Gasteiger partial charge in [-0.3, -0.25) is 19.2 Å². The normalized spacial score (nSPS) is 20.6. The lowest BCUT2D eigenvalue weighted by atomic mass is 9.96. The van der Waals surface area contributed by atoms with Crippen molar-refractivity contribution in [1.82, 2.24) is 4.98 Å². The maximum absolute atomic E-state index is 12.1. The summed E-state index contributed by atoms with van der Waals surface area (Å²) in [4.78, 5) is 50.9. The van der Waals surface area contributed by atoms with Gasteiger partial charge in [-0.1, -0.05) is 0 Å². The Morgan fingerprint density at radius 3 is 2.17 bits per heavy atom. The fraction of sp³-hybridized carbons (Fsp3) is 0.367. The van der Waals surface area contributed by atoms with Crippen LogP contribution in [0.4, 0.5) is 0 Å². The topological polar surface area (TPSA) is 134 Å². The van der Waals surface area contributed by atoms with Gasteiger partial charge in [-0.05, 0) is 48.6 Å². The van der Waals surface area contributed by atoms with Crippen LogP contribution in [0.15, 0.2) is 36.7 Å². The Labute approximate surface area is 235 Å². The standard InChI is InChI=1S/C30H30N2O9/c1-14-23-12-32(30-29(41-19(6)36)28(40-18(5)35)25(13-37-30)39-17(4)34)10-9-21(23)15(2)27-26(14)22-11-20(38-16(3)33)7-8-24(22)31-27/h7-12,25,28-30H,13H2,1-6H3/p+1/t25-,28+,29+,30+/m0/s1. The highest BCUT2D eigenvalue weighted by atomic mass is 16.6. The highest BCUT2D eigenvalue weighted by Crippen LogP contribution is 2.38. The van der Waals surface area contributed by atoms with E-state index in [2.05, 4.69) is 4.98 Å². The molecule has 0 spiro atoms. The quantitative estimate of drug-likeness (QED) is 0.167. The number of carbonyl (C=O) groups is 4. The molecule has 4 aromatic rings. The summed E-state index contributed by atoms with van der Waals surface area (Å²) in [6, 6.07) is 7.41. The Morgan fingerprint density at radius 2 is 1.51 bits per heavy atom. The molecular formula is C30H31N2O9+. The van der Waals surface area contributed by atoms with Gasteiger partial charge in [0.1, 0.15) is 5.75 Å². The van der Waals surface area contributed by atoms with Crippen LogP contribution in [0.25, 0.3) is 32.6 Å². The number of hydrogen-bond acceptors (Lipinski definition) is 9. The van der Waals surface area contributed by atoms with Crippen LogP contribution < -0.4 is 9.30 Å². The zero-order valence-corrected chi connectivity index (χ0v) is 23.6. The van der Waals surface area contributed by atoms with Crippen molar-refractivity contribution >= 4 is 56.5 Å². The molecule has 0 unspecified atom stereocenters. The average molecular weight is 564 g/mol. The van der Waals surface area contributed by atoms with Crippen LogP contribution in [0.2, 0.25) is 0 Å². The lowest BCUT2D eigenvalue weighted by molar-refractivity contribution is -0.773. The minimum absolute atomic E-state index is 0.0799. The molecule has 1 fully saturated rings. The van der Waals surface area contributed by atoms with Gasteiger partial charge in [-0.15, -0.1) is 0 Å². The number of pyridine rings is 1. The molecule has 0 bridgehead atoms. The number of H-pyrrole nitrogens is 1. The zero-order valence-electron chi connectivity index (χ0n) is 23.6. The first-order chi connectivity index (χ1) is 19.4. The molecule has 2 aromatic heterocycles. The van der Waals surface area contributed by atoms with Crippen molar-refractivity contribution in [2.75, 3.05) is 6.61 Å². The molecule has 11 nitrogen and oxygen atoms in total. The van der Waals surface area contributed by atoms with Crippen molar-refractivity contribution in [3.63, 3.8) is 0 Å². The summed E-state index contributed by atoms with van der Waals surface area (Å²) >= 11 is 0. The number of nitrogens with zero attached hydrogens (tertiary/aromatic N) is 1. The van der Waals surface area contributed by atoms with Crippen LogP contribution in [0, 0.1) is 13.8 Å². The third-order valence-electron chi connectivity index (χ3n) is 7.19. The van der Waals surface area contributed by atoms with Crippen molar-refractivity contribution in [3.05, 3.63) is 47.8 Å². The molecule has 0 aliphatic carbocycles. The second kappa shape index (κ2) is 10.8. The van der Waals surface area contributed by atoms with E-state index in [0.29, 0.717) is 5.75 Å². The molecule has 1 aliphatic heterocycles. The predicted molar refractivity (Wildman–Crippen MR) is 146 cm³/mol. The molecule has 3 heterocycles. The van der Waals surface area contributed by atoms with Gasteiger partial charge in [-0.25, -0.2) is 0 Å². The van der Waals surface area contributed by atoms with E-state index in [-0.39, 0.29) is 6.61 Å². The van der Waals surface area contributed by atoms with Gasteiger partial charge in [0.05, 0.1) is 12.1 Å². The number of aryl methyl sites for hydroxylation is 2. The van der Waals surface area contributed by atoms with Crippen LogP contribution >= 0.6 is 0 Å². The minimum Gasteiger partial charge on any atom is -0.456 e. The second-order valence-electron chi connectivity index (χ2n) is 10.2. The molecular weight excluding hydrogens is 532 g/mol. The van der Waals surface area contributed by atoms with E-state index in [9.17, 15) is 19.2 Å². The number of aromatic nitrogens is 2. The Balaban J connectivity index is 1.65. The molecule has 0 saturated carbocycles. The second-order valence-corrected chi connectivity index (χ2v) is 10.2. The number of rotatable bonds is 5. The maximum Gasteiger partial charge on any atom is 0.308 e. The molecule has 11 heteroatoms. The van der Waals surface area contributed by atoms with Crippen molar-refractivity contribution < 1.29 is 47.4 Å². The van der Waals surface area contributed by atoms with Crippen LogP contribution in [0.1, 0.15) is 45.0 Å². The SMILES string of the molecule is CC(=O)Oc1ccc2[nH]c3c(C)c4cc[n+]([C@@H]5OC[C@H](OC(C)=O)[C@@H](OC(C)=O)[C@H]5OC(C)=O)cc4c(C)c3c2c1. The van der Waals surface area contributed by atoms with Crippen LogP contribution in [-0.4, -0.2) is 53.8 Å². The highest BCUT2D eigenvalue weighted by Gasteiger charge is 2.51. The third kappa shape index (κ3) is 5.32. The Morgan fingerprint density at radius 1 is 0.829 bits per heavy atom. The van der Waals surface area contributed by atoms with E-state index in [1.807, 2.05) is 38.2 Å². The first-order valence-corrected chi connectivity index (χ1v) is 13.2. The number of nitrogens with one attached hydrogen (secondary N) is 1. The average Bonchev–Trinajstić information content (AvgIpc) is 3.27. The van der Waals surface area contributed by atoms with E-state index in [4.69, 9.17) is 23.7 Å². The summed E-state index contributed by atoms with van der Waals surface area (Å²) < 4.78 is 29.6. The number of hydrogen-bond donors (Lipinski definition) is 1.